The number of fused-ring (bicyclic) bond motifs is 3. The van der Waals surface area contributed by atoms with Crippen LogP contribution in [0.3, 0.4) is 0 Å². The molecule has 0 amide bonds. The predicted molar refractivity (Wildman–Crippen MR) is 78.4 cm³/mol. The highest BCUT2D eigenvalue weighted by molar-refractivity contribution is 7.98. The molecule has 0 radical (unpaired) electrons. The van der Waals surface area contributed by atoms with Crippen LogP contribution in [0.5, 0.6) is 0 Å². The monoisotopic (exact) mass is 307 g/mol. The third-order valence-electron chi connectivity index (χ3n) is 2.69. The van der Waals surface area contributed by atoms with Crippen molar-refractivity contribution in [2.24, 2.45) is 0 Å². The zero-order chi connectivity index (χ0) is 13.6. The van der Waals surface area contributed by atoms with E-state index in [0.29, 0.717) is 15.0 Å². The van der Waals surface area contributed by atoms with E-state index in [4.69, 9.17) is 16.9 Å². The number of halogens is 1. The third kappa shape index (κ3) is 1.82. The van der Waals surface area contributed by atoms with Crippen LogP contribution in [0.25, 0.3) is 15.2 Å². The molecule has 0 saturated carbocycles. The molecule has 0 spiro atoms. The van der Waals surface area contributed by atoms with E-state index in [1.165, 1.54) is 27.5 Å². The maximum absolute atomic E-state index is 12.4. The maximum atomic E-state index is 12.4. The first-order valence-electron chi connectivity index (χ1n) is 5.24. The minimum atomic E-state index is -0.328. The summed E-state index contributed by atoms with van der Waals surface area (Å²) in [6, 6.07) is 7.21. The van der Waals surface area contributed by atoms with Crippen molar-refractivity contribution >= 4 is 49.9 Å². The molecule has 19 heavy (non-hydrogen) atoms. The highest BCUT2D eigenvalue weighted by Crippen LogP contribution is 2.28. The normalized spacial score (nSPS) is 11.0. The largest absolute Gasteiger partial charge is 0.278 e. The lowest BCUT2D eigenvalue weighted by molar-refractivity contribution is 1.02. The molecule has 1 aromatic carbocycles. The van der Waals surface area contributed by atoms with Crippen LogP contribution in [0.15, 0.2) is 28.0 Å². The second kappa shape index (κ2) is 4.53. The molecule has 3 aromatic rings. The quantitative estimate of drug-likeness (QED) is 0.512. The highest BCUT2D eigenvalue weighted by Gasteiger charge is 2.15. The molecule has 2 aromatic heterocycles. The van der Waals surface area contributed by atoms with E-state index in [2.05, 4.69) is 4.98 Å². The van der Waals surface area contributed by atoms with Gasteiger partial charge in [-0.1, -0.05) is 22.9 Å². The van der Waals surface area contributed by atoms with Gasteiger partial charge in [-0.05, 0) is 24.5 Å². The van der Waals surface area contributed by atoms with Crippen molar-refractivity contribution in [1.29, 1.82) is 5.26 Å². The summed E-state index contributed by atoms with van der Waals surface area (Å²) in [5.74, 6) is 0. The van der Waals surface area contributed by atoms with Crippen molar-refractivity contribution in [3.63, 3.8) is 0 Å². The fraction of sp³-hybridized carbons (Fsp3) is 0.0833. The average molecular weight is 308 g/mol. The summed E-state index contributed by atoms with van der Waals surface area (Å²) < 4.78 is 2.34. The number of hydrogen-bond acceptors (Lipinski definition) is 5. The Morgan fingerprint density at radius 3 is 3.00 bits per heavy atom. The van der Waals surface area contributed by atoms with Crippen molar-refractivity contribution in [3.05, 3.63) is 39.1 Å². The molecular formula is C12H6ClN3OS2. The van der Waals surface area contributed by atoms with Crippen LogP contribution in [0.2, 0.25) is 5.02 Å². The molecule has 0 aliphatic carbocycles. The van der Waals surface area contributed by atoms with Gasteiger partial charge in [0.2, 0.25) is 0 Å². The maximum Gasteiger partial charge on any atom is 0.278 e. The molecule has 0 N–H and O–H groups in total. The zero-order valence-corrected chi connectivity index (χ0v) is 12.1. The van der Waals surface area contributed by atoms with E-state index >= 15 is 0 Å². The lowest BCUT2D eigenvalue weighted by Gasteiger charge is -2.00. The fourth-order valence-corrected chi connectivity index (χ4v) is 3.73. The summed E-state index contributed by atoms with van der Waals surface area (Å²) in [5.41, 5.74) is 0.483. The summed E-state index contributed by atoms with van der Waals surface area (Å²) in [6.07, 6.45) is 1.79. The summed E-state index contributed by atoms with van der Waals surface area (Å²) in [7, 11) is 0. The lowest BCUT2D eigenvalue weighted by Crippen LogP contribution is -2.17. The smallest absolute Gasteiger partial charge is 0.267 e. The Hall–Kier alpha value is -1.55. The summed E-state index contributed by atoms with van der Waals surface area (Å²) >= 11 is 8.62. The second-order valence-corrected chi connectivity index (χ2v) is 5.99. The van der Waals surface area contributed by atoms with E-state index in [9.17, 15) is 4.79 Å². The lowest BCUT2D eigenvalue weighted by atomic mass is 10.3. The number of thioether (sulfide) groups is 1. The molecule has 2 heterocycles. The van der Waals surface area contributed by atoms with Gasteiger partial charge in [0.05, 0.1) is 10.2 Å². The van der Waals surface area contributed by atoms with Crippen molar-refractivity contribution in [2.75, 3.05) is 6.26 Å². The van der Waals surface area contributed by atoms with Crippen molar-refractivity contribution < 1.29 is 0 Å². The number of thiazole rings is 1. The van der Waals surface area contributed by atoms with Gasteiger partial charge in [0, 0.05) is 5.02 Å². The Labute approximate surface area is 121 Å². The van der Waals surface area contributed by atoms with E-state index in [1.807, 2.05) is 6.07 Å². The number of hydrogen-bond donors (Lipinski definition) is 0. The van der Waals surface area contributed by atoms with Crippen LogP contribution in [0, 0.1) is 11.3 Å². The standard InChI is InChI=1S/C12H6ClN3OS2/c1-18-10-7(5-14)11(17)16-8-3-2-6(13)4-9(8)19-12(16)15-10/h2-4H,1H3. The minimum absolute atomic E-state index is 0.0830. The molecule has 4 nitrogen and oxygen atoms in total. The molecule has 0 saturated heterocycles. The van der Waals surface area contributed by atoms with E-state index < -0.39 is 0 Å². The minimum Gasteiger partial charge on any atom is -0.267 e. The van der Waals surface area contributed by atoms with Gasteiger partial charge < -0.3 is 0 Å². The number of nitrogens with zero attached hydrogens (tertiary/aromatic N) is 3. The van der Waals surface area contributed by atoms with Gasteiger partial charge >= 0.3 is 0 Å². The number of rotatable bonds is 1. The Morgan fingerprint density at radius 1 is 1.53 bits per heavy atom. The van der Waals surface area contributed by atoms with Gasteiger partial charge in [0.25, 0.3) is 5.56 Å². The SMILES string of the molecule is CSc1nc2sc3cc(Cl)ccc3n2c(=O)c1C#N. The Kier molecular flexibility index (Phi) is 2.97. The van der Waals surface area contributed by atoms with Crippen LogP contribution in [-0.4, -0.2) is 15.6 Å². The zero-order valence-electron chi connectivity index (χ0n) is 9.68. The van der Waals surface area contributed by atoms with Gasteiger partial charge in [0.1, 0.15) is 16.7 Å². The Morgan fingerprint density at radius 2 is 2.32 bits per heavy atom. The fourth-order valence-electron chi connectivity index (χ4n) is 1.86. The summed E-state index contributed by atoms with van der Waals surface area (Å²) in [4.78, 5) is 17.3. The van der Waals surface area contributed by atoms with Gasteiger partial charge in [-0.25, -0.2) is 9.38 Å². The van der Waals surface area contributed by atoms with Crippen molar-refractivity contribution in [3.8, 4) is 6.07 Å². The third-order valence-corrected chi connectivity index (χ3v) is 4.61. The molecular weight excluding hydrogens is 302 g/mol. The second-order valence-electron chi connectivity index (χ2n) is 3.75. The van der Waals surface area contributed by atoms with Gasteiger partial charge in [-0.15, -0.1) is 11.8 Å². The molecule has 0 aliphatic heterocycles. The molecule has 94 valence electrons. The number of benzene rings is 1. The number of nitriles is 1. The first kappa shape index (κ1) is 12.5. The van der Waals surface area contributed by atoms with E-state index in [1.54, 1.807) is 24.5 Å². The first-order chi connectivity index (χ1) is 9.15. The van der Waals surface area contributed by atoms with Crippen LogP contribution in [0.1, 0.15) is 5.56 Å². The summed E-state index contributed by atoms with van der Waals surface area (Å²) in [5, 5.41) is 10.2. The van der Waals surface area contributed by atoms with E-state index in [-0.39, 0.29) is 11.1 Å². The molecule has 7 heteroatoms. The molecule has 0 bridgehead atoms. The Bertz CT molecular complexity index is 907. The molecule has 0 fully saturated rings. The topological polar surface area (TPSA) is 58.2 Å². The molecule has 0 aliphatic rings. The Balaban J connectivity index is 2.57. The van der Waals surface area contributed by atoms with Crippen LogP contribution < -0.4 is 5.56 Å². The highest BCUT2D eigenvalue weighted by atomic mass is 35.5. The van der Waals surface area contributed by atoms with Crippen molar-refractivity contribution in [2.45, 2.75) is 5.03 Å². The van der Waals surface area contributed by atoms with Crippen LogP contribution in [-0.2, 0) is 0 Å². The van der Waals surface area contributed by atoms with Crippen LogP contribution in [0.4, 0.5) is 0 Å². The van der Waals surface area contributed by atoms with Gasteiger partial charge in [-0.3, -0.25) is 4.79 Å². The molecule has 0 unspecified atom stereocenters. The summed E-state index contributed by atoms with van der Waals surface area (Å²) in [6.45, 7) is 0. The van der Waals surface area contributed by atoms with E-state index in [0.717, 1.165) is 10.2 Å². The average Bonchev–Trinajstić information content (AvgIpc) is 2.75. The van der Waals surface area contributed by atoms with Gasteiger partial charge in [-0.2, -0.15) is 5.26 Å². The predicted octanol–water partition coefficient (Wildman–Crippen LogP) is 3.16. The molecule has 0 atom stereocenters. The van der Waals surface area contributed by atoms with Crippen molar-refractivity contribution in [1.82, 2.24) is 9.38 Å². The van der Waals surface area contributed by atoms with Gasteiger partial charge in [0.15, 0.2) is 4.96 Å². The first-order valence-corrected chi connectivity index (χ1v) is 7.66. The number of aromatic nitrogens is 2. The molecule has 3 rings (SSSR count). The van der Waals surface area contributed by atoms with Crippen LogP contribution >= 0.6 is 34.7 Å².